The first-order valence-corrected chi connectivity index (χ1v) is 15.2. The van der Waals surface area contributed by atoms with Gasteiger partial charge in [-0.25, -0.2) is 29.9 Å². The Morgan fingerprint density at radius 1 is 0.556 bits per heavy atom. The molecule has 3 aromatic heterocycles. The summed E-state index contributed by atoms with van der Waals surface area (Å²) in [7, 11) is 0. The molecule has 2 aliphatic rings. The van der Waals surface area contributed by atoms with Crippen molar-refractivity contribution in [2.45, 2.75) is 18.8 Å². The third kappa shape index (κ3) is 4.02. The number of aromatic amines is 1. The monoisotopic (exact) mass is 604 g/mol. The van der Waals surface area contributed by atoms with Gasteiger partial charge in [-0.3, -0.25) is 0 Å². The van der Waals surface area contributed by atoms with Gasteiger partial charge in [0.15, 0.2) is 40.0 Å². The summed E-state index contributed by atoms with van der Waals surface area (Å²) in [5.74, 6) is 2.18. The Bertz CT molecular complexity index is 2340. The lowest BCUT2D eigenvalue weighted by atomic mass is 10.1. The van der Waals surface area contributed by atoms with Gasteiger partial charge in [-0.15, -0.1) is 17.4 Å². The summed E-state index contributed by atoms with van der Waals surface area (Å²) in [5.41, 5.74) is 5.57. The van der Waals surface area contributed by atoms with Crippen molar-refractivity contribution in [1.82, 2.24) is 39.6 Å². The summed E-state index contributed by atoms with van der Waals surface area (Å²) >= 11 is 4.70. The van der Waals surface area contributed by atoms with Crippen LogP contribution in [-0.4, -0.2) is 45.1 Å². The molecule has 10 heteroatoms. The Balaban J connectivity index is 1.52. The van der Waals surface area contributed by atoms with E-state index in [4.69, 9.17) is 47.4 Å². The number of hydrogen-bond acceptors (Lipinski definition) is 8. The van der Waals surface area contributed by atoms with E-state index in [9.17, 15) is 0 Å². The van der Waals surface area contributed by atoms with Crippen LogP contribution in [0.5, 0.6) is 0 Å². The number of rotatable bonds is 3. The number of nitrogens with one attached hydrogen (secondary N) is 1. The van der Waals surface area contributed by atoms with Crippen LogP contribution < -0.4 is 4.84 Å². The SMILES string of the molecule is CCC(S)On1c2nc3nc(nc4[nH]c(nc5nc(nc1c1ccccc12)-c1ccccc1-5)c1ccccc41)-c1ccccc1-3. The number of aromatic nitrogens is 8. The number of benzene rings is 4. The zero-order valence-electron chi connectivity index (χ0n) is 24.0. The molecule has 0 amide bonds. The molecule has 0 saturated carbocycles. The van der Waals surface area contributed by atoms with Crippen molar-refractivity contribution in [3.05, 3.63) is 97.1 Å². The number of hydrogen-bond donors (Lipinski definition) is 2. The molecule has 9 nitrogen and oxygen atoms in total. The zero-order valence-corrected chi connectivity index (χ0v) is 24.9. The lowest BCUT2D eigenvalue weighted by Crippen LogP contribution is -2.20. The second kappa shape index (κ2) is 9.96. The maximum Gasteiger partial charge on any atom is 0.180 e. The van der Waals surface area contributed by atoms with Crippen LogP contribution in [0.15, 0.2) is 97.1 Å². The van der Waals surface area contributed by atoms with E-state index in [1.807, 2.05) is 104 Å². The van der Waals surface area contributed by atoms with E-state index < -0.39 is 5.44 Å². The molecule has 8 bridgehead atoms. The maximum absolute atomic E-state index is 6.44. The molecule has 5 heterocycles. The minimum atomic E-state index is -0.404. The molecule has 0 aliphatic carbocycles. The van der Waals surface area contributed by atoms with E-state index in [-0.39, 0.29) is 0 Å². The van der Waals surface area contributed by atoms with Gasteiger partial charge in [0.1, 0.15) is 11.3 Å². The lowest BCUT2D eigenvalue weighted by Gasteiger charge is -2.13. The van der Waals surface area contributed by atoms with Crippen molar-refractivity contribution in [2.24, 2.45) is 0 Å². The first-order chi connectivity index (χ1) is 22.2. The second-order valence-corrected chi connectivity index (χ2v) is 11.5. The van der Waals surface area contributed by atoms with Crippen molar-refractivity contribution >= 4 is 56.8 Å². The molecular weight excluding hydrogens is 581 g/mol. The molecular formula is C35H24N8OS. The minimum Gasteiger partial charge on any atom is -0.396 e. The largest absolute Gasteiger partial charge is 0.396 e. The second-order valence-electron chi connectivity index (χ2n) is 10.9. The highest BCUT2D eigenvalue weighted by atomic mass is 32.1. The Morgan fingerprint density at radius 3 is 1.36 bits per heavy atom. The van der Waals surface area contributed by atoms with E-state index in [0.29, 0.717) is 52.3 Å². The summed E-state index contributed by atoms with van der Waals surface area (Å²) in [6.45, 7) is 2.02. The predicted octanol–water partition coefficient (Wildman–Crippen LogP) is 7.44. The van der Waals surface area contributed by atoms with E-state index in [1.54, 1.807) is 4.73 Å². The molecule has 45 heavy (non-hydrogen) atoms. The van der Waals surface area contributed by atoms with Crippen LogP contribution in [-0.2, 0) is 0 Å². The summed E-state index contributed by atoms with van der Waals surface area (Å²) < 4.78 is 1.67. The highest BCUT2D eigenvalue weighted by Crippen LogP contribution is 2.37. The fourth-order valence-electron chi connectivity index (χ4n) is 5.96. The zero-order chi connectivity index (χ0) is 30.1. The molecule has 0 fully saturated rings. The van der Waals surface area contributed by atoms with Crippen molar-refractivity contribution in [2.75, 3.05) is 0 Å². The van der Waals surface area contributed by atoms with Crippen LogP contribution in [0.3, 0.4) is 0 Å². The molecule has 1 N–H and O–H groups in total. The van der Waals surface area contributed by atoms with Gasteiger partial charge in [0.2, 0.25) is 0 Å². The van der Waals surface area contributed by atoms with Crippen molar-refractivity contribution < 1.29 is 4.84 Å². The van der Waals surface area contributed by atoms with Gasteiger partial charge in [-0.05, 0) is 6.42 Å². The average Bonchev–Trinajstić information content (AvgIpc) is 3.80. The van der Waals surface area contributed by atoms with E-state index >= 15 is 0 Å². The van der Waals surface area contributed by atoms with Gasteiger partial charge >= 0.3 is 0 Å². The van der Waals surface area contributed by atoms with Crippen LogP contribution in [0, 0.1) is 0 Å². The van der Waals surface area contributed by atoms with Crippen molar-refractivity contribution in [3.63, 3.8) is 0 Å². The van der Waals surface area contributed by atoms with E-state index in [0.717, 1.165) is 43.8 Å². The third-order valence-corrected chi connectivity index (χ3v) is 8.60. The molecule has 0 radical (unpaired) electrons. The number of H-pyrrole nitrogens is 1. The third-order valence-electron chi connectivity index (χ3n) is 8.14. The van der Waals surface area contributed by atoms with Crippen LogP contribution in [0.2, 0.25) is 0 Å². The number of fused-ring (bicyclic) bond motifs is 20. The smallest absolute Gasteiger partial charge is 0.180 e. The standard InChI is InChI=1S/C35H24N8OS/c1-2-27(45)44-43-34-25-17-9-10-18-26(25)35(43)42-33-24-16-8-6-14-22(24)31(40-33)38-29-20-12-4-3-11-19(20)28(36-29)37-30-21-13-5-7-15-23(21)32(39-30)41-34/h3-18,27,45H,2H2,1H3,(H,36,37,38,39,40,41,42). The van der Waals surface area contributed by atoms with E-state index in [2.05, 4.69) is 4.98 Å². The summed E-state index contributed by atoms with van der Waals surface area (Å²) in [5, 5.41) is 3.60. The van der Waals surface area contributed by atoms with Gasteiger partial charge in [0, 0.05) is 43.8 Å². The molecule has 2 aliphatic heterocycles. The van der Waals surface area contributed by atoms with Gasteiger partial charge in [-0.1, -0.05) is 104 Å². The molecule has 4 aromatic carbocycles. The minimum absolute atomic E-state index is 0.404. The summed E-state index contributed by atoms with van der Waals surface area (Å²) in [6.07, 6.45) is 0.669. The van der Waals surface area contributed by atoms with Gasteiger partial charge in [0.25, 0.3) is 0 Å². The van der Waals surface area contributed by atoms with Crippen LogP contribution in [0.4, 0.5) is 0 Å². The van der Waals surface area contributed by atoms with E-state index in [1.165, 1.54) is 0 Å². The molecule has 0 spiro atoms. The van der Waals surface area contributed by atoms with Gasteiger partial charge < -0.3 is 9.82 Å². The Labute approximate surface area is 262 Å². The quantitative estimate of drug-likeness (QED) is 0.159. The van der Waals surface area contributed by atoms with Gasteiger partial charge in [0.05, 0.1) is 0 Å². The molecule has 1 atom stereocenters. The normalized spacial score (nSPS) is 12.7. The van der Waals surface area contributed by atoms with Crippen LogP contribution in [0.1, 0.15) is 13.3 Å². The number of thiol groups is 1. The molecule has 216 valence electrons. The summed E-state index contributed by atoms with van der Waals surface area (Å²) in [4.78, 5) is 40.3. The highest BCUT2D eigenvalue weighted by molar-refractivity contribution is 7.80. The first kappa shape index (κ1) is 25.8. The Morgan fingerprint density at radius 2 is 0.933 bits per heavy atom. The van der Waals surface area contributed by atoms with Crippen LogP contribution >= 0.6 is 12.6 Å². The fraction of sp³-hybridized carbons (Fsp3) is 0.0857. The first-order valence-electron chi connectivity index (χ1n) is 14.7. The number of nitrogens with zero attached hydrogens (tertiary/aromatic N) is 7. The maximum atomic E-state index is 6.44. The van der Waals surface area contributed by atoms with Crippen molar-refractivity contribution in [3.8, 4) is 45.6 Å². The summed E-state index contributed by atoms with van der Waals surface area (Å²) in [6, 6.07) is 32.0. The van der Waals surface area contributed by atoms with Crippen LogP contribution in [0.25, 0.3) is 89.7 Å². The molecule has 9 rings (SSSR count). The fourth-order valence-corrected chi connectivity index (χ4v) is 6.05. The van der Waals surface area contributed by atoms with Gasteiger partial charge in [-0.2, -0.15) is 0 Å². The molecule has 0 saturated heterocycles. The molecule has 1 unspecified atom stereocenters. The molecule has 7 aromatic rings. The topological polar surface area (TPSA) is 107 Å². The average molecular weight is 605 g/mol. The highest BCUT2D eigenvalue weighted by Gasteiger charge is 2.23. The van der Waals surface area contributed by atoms with Crippen molar-refractivity contribution in [1.29, 1.82) is 0 Å². The Kier molecular flexibility index (Phi) is 5.72. The predicted molar refractivity (Wildman–Crippen MR) is 179 cm³/mol. The Hall–Kier alpha value is -5.61. The lowest BCUT2D eigenvalue weighted by molar-refractivity contribution is 0.106.